The van der Waals surface area contributed by atoms with Crippen molar-refractivity contribution in [2.45, 2.75) is 6.42 Å². The minimum Gasteiger partial charge on any atom is -0.478 e. The third-order valence-electron chi connectivity index (χ3n) is 3.26. The van der Waals surface area contributed by atoms with Crippen molar-refractivity contribution >= 4 is 34.0 Å². The number of pyridine rings is 1. The Morgan fingerprint density at radius 3 is 2.90 bits per heavy atom. The van der Waals surface area contributed by atoms with Crippen molar-refractivity contribution in [2.75, 3.05) is 11.9 Å². The molecule has 2 heterocycles. The van der Waals surface area contributed by atoms with Crippen molar-refractivity contribution in [3.05, 3.63) is 58.3 Å². The van der Waals surface area contributed by atoms with E-state index in [0.717, 1.165) is 18.8 Å². The molecule has 0 aliphatic carbocycles. The number of thiophene rings is 1. The van der Waals surface area contributed by atoms with Crippen LogP contribution in [0.25, 0.3) is 10.9 Å². The Morgan fingerprint density at radius 1 is 1.24 bits per heavy atom. The highest BCUT2D eigenvalue weighted by molar-refractivity contribution is 7.07. The molecule has 0 atom stereocenters. The molecular formula is C16H14N2O2S. The van der Waals surface area contributed by atoms with Gasteiger partial charge < -0.3 is 10.4 Å². The van der Waals surface area contributed by atoms with Crippen molar-refractivity contribution in [3.8, 4) is 0 Å². The molecule has 3 rings (SSSR count). The molecule has 0 saturated heterocycles. The summed E-state index contributed by atoms with van der Waals surface area (Å²) < 4.78 is 0. The summed E-state index contributed by atoms with van der Waals surface area (Å²) >= 11 is 1.69. The maximum Gasteiger partial charge on any atom is 0.336 e. The first-order chi connectivity index (χ1) is 10.2. The molecule has 2 N–H and O–H groups in total. The lowest BCUT2D eigenvalue weighted by Gasteiger charge is -2.07. The van der Waals surface area contributed by atoms with Gasteiger partial charge in [0.05, 0.1) is 11.1 Å². The molecule has 0 unspecified atom stereocenters. The van der Waals surface area contributed by atoms with Gasteiger partial charge >= 0.3 is 5.97 Å². The molecule has 0 aliphatic heterocycles. The molecule has 0 radical (unpaired) electrons. The molecule has 2 aromatic heterocycles. The van der Waals surface area contributed by atoms with Gasteiger partial charge in [0.25, 0.3) is 0 Å². The van der Waals surface area contributed by atoms with Gasteiger partial charge in [-0.15, -0.1) is 0 Å². The smallest absolute Gasteiger partial charge is 0.336 e. The summed E-state index contributed by atoms with van der Waals surface area (Å²) in [5.41, 5.74) is 2.28. The number of rotatable bonds is 5. The monoisotopic (exact) mass is 298 g/mol. The number of carboxylic acids is 1. The molecule has 0 spiro atoms. The third-order valence-corrected chi connectivity index (χ3v) is 3.99. The van der Waals surface area contributed by atoms with E-state index >= 15 is 0 Å². The number of anilines is 1. The van der Waals surface area contributed by atoms with Gasteiger partial charge in [0.15, 0.2) is 0 Å². The molecule has 4 nitrogen and oxygen atoms in total. The first kappa shape index (κ1) is 13.6. The second-order valence-electron chi connectivity index (χ2n) is 4.68. The molecule has 21 heavy (non-hydrogen) atoms. The minimum absolute atomic E-state index is 0.282. The zero-order chi connectivity index (χ0) is 14.7. The van der Waals surface area contributed by atoms with Crippen molar-refractivity contribution in [1.82, 2.24) is 4.98 Å². The zero-order valence-corrected chi connectivity index (χ0v) is 12.1. The lowest BCUT2D eigenvalue weighted by molar-refractivity contribution is 0.0699. The average Bonchev–Trinajstić information content (AvgIpc) is 2.99. The van der Waals surface area contributed by atoms with E-state index in [9.17, 15) is 4.79 Å². The third kappa shape index (κ3) is 3.03. The van der Waals surface area contributed by atoms with E-state index in [2.05, 4.69) is 27.1 Å². The Morgan fingerprint density at radius 2 is 2.14 bits per heavy atom. The van der Waals surface area contributed by atoms with E-state index in [1.165, 1.54) is 5.56 Å². The van der Waals surface area contributed by atoms with Gasteiger partial charge in [-0.1, -0.05) is 6.07 Å². The first-order valence-corrected chi connectivity index (χ1v) is 7.56. The number of carboxylic acid groups (broad SMARTS) is 1. The van der Waals surface area contributed by atoms with Crippen molar-refractivity contribution < 1.29 is 9.90 Å². The SMILES string of the molecule is O=C(O)c1cccc2nc(NCCc3ccsc3)ccc12. The molecule has 0 saturated carbocycles. The number of aromatic carboxylic acids is 1. The summed E-state index contributed by atoms with van der Waals surface area (Å²) in [6.45, 7) is 0.799. The Hall–Kier alpha value is -2.40. The summed E-state index contributed by atoms with van der Waals surface area (Å²) in [7, 11) is 0. The van der Waals surface area contributed by atoms with Gasteiger partial charge in [-0.25, -0.2) is 9.78 Å². The van der Waals surface area contributed by atoms with Gasteiger partial charge in [-0.05, 0) is 53.1 Å². The van der Waals surface area contributed by atoms with Gasteiger partial charge in [0.2, 0.25) is 0 Å². The van der Waals surface area contributed by atoms with Crippen molar-refractivity contribution in [1.29, 1.82) is 0 Å². The van der Waals surface area contributed by atoms with Crippen LogP contribution in [0, 0.1) is 0 Å². The maximum absolute atomic E-state index is 11.2. The zero-order valence-electron chi connectivity index (χ0n) is 11.2. The van der Waals surface area contributed by atoms with Crippen LogP contribution in [0.5, 0.6) is 0 Å². The number of nitrogens with zero attached hydrogens (tertiary/aromatic N) is 1. The Bertz CT molecular complexity index is 769. The topological polar surface area (TPSA) is 62.2 Å². The van der Waals surface area contributed by atoms with Crippen LogP contribution in [0.3, 0.4) is 0 Å². The highest BCUT2D eigenvalue weighted by Crippen LogP contribution is 2.19. The highest BCUT2D eigenvalue weighted by Gasteiger charge is 2.08. The summed E-state index contributed by atoms with van der Waals surface area (Å²) in [5.74, 6) is -0.166. The van der Waals surface area contributed by atoms with Crippen LogP contribution in [-0.2, 0) is 6.42 Å². The van der Waals surface area contributed by atoms with Gasteiger partial charge in [-0.2, -0.15) is 11.3 Å². The number of fused-ring (bicyclic) bond motifs is 1. The largest absolute Gasteiger partial charge is 0.478 e. The van der Waals surface area contributed by atoms with Gasteiger partial charge in [0.1, 0.15) is 5.82 Å². The molecule has 106 valence electrons. The minimum atomic E-state index is -0.930. The molecule has 0 bridgehead atoms. The van der Waals surface area contributed by atoms with Crippen molar-refractivity contribution in [2.24, 2.45) is 0 Å². The number of carbonyl (C=O) groups is 1. The number of hydrogen-bond acceptors (Lipinski definition) is 4. The van der Waals surface area contributed by atoms with E-state index in [1.54, 1.807) is 29.5 Å². The predicted molar refractivity (Wildman–Crippen MR) is 85.2 cm³/mol. The molecule has 5 heteroatoms. The molecule has 0 amide bonds. The van der Waals surface area contributed by atoms with E-state index < -0.39 is 5.97 Å². The standard InChI is InChI=1S/C16H14N2O2S/c19-16(20)13-2-1-3-14-12(13)4-5-15(18-14)17-8-6-11-7-9-21-10-11/h1-5,7,9-10H,6,8H2,(H,17,18)(H,19,20). The highest BCUT2D eigenvalue weighted by atomic mass is 32.1. The second kappa shape index (κ2) is 5.93. The second-order valence-corrected chi connectivity index (χ2v) is 5.46. The first-order valence-electron chi connectivity index (χ1n) is 6.62. The summed E-state index contributed by atoms with van der Waals surface area (Å²) in [6, 6.07) is 10.9. The Kier molecular flexibility index (Phi) is 3.83. The Balaban J connectivity index is 1.76. The van der Waals surface area contributed by atoms with Crippen LogP contribution in [0.4, 0.5) is 5.82 Å². The van der Waals surface area contributed by atoms with E-state index in [1.807, 2.05) is 12.1 Å². The number of hydrogen-bond donors (Lipinski definition) is 2. The lowest BCUT2D eigenvalue weighted by Crippen LogP contribution is -2.06. The van der Waals surface area contributed by atoms with Crippen LogP contribution >= 0.6 is 11.3 Å². The molecule has 1 aromatic carbocycles. The van der Waals surface area contributed by atoms with Gasteiger partial charge in [0, 0.05) is 11.9 Å². The molecule has 3 aromatic rings. The van der Waals surface area contributed by atoms with Crippen LogP contribution in [-0.4, -0.2) is 22.6 Å². The summed E-state index contributed by atoms with van der Waals surface area (Å²) in [6.07, 6.45) is 0.943. The number of nitrogens with one attached hydrogen (secondary N) is 1. The quantitative estimate of drug-likeness (QED) is 0.754. The van der Waals surface area contributed by atoms with E-state index in [-0.39, 0.29) is 5.56 Å². The molecular weight excluding hydrogens is 284 g/mol. The fourth-order valence-corrected chi connectivity index (χ4v) is 2.91. The number of benzene rings is 1. The normalized spacial score (nSPS) is 10.7. The van der Waals surface area contributed by atoms with E-state index in [4.69, 9.17) is 5.11 Å². The summed E-state index contributed by atoms with van der Waals surface area (Å²) in [5, 5.41) is 17.3. The van der Waals surface area contributed by atoms with E-state index in [0.29, 0.717) is 10.9 Å². The lowest BCUT2D eigenvalue weighted by atomic mass is 10.1. The van der Waals surface area contributed by atoms with Crippen LogP contribution in [0.15, 0.2) is 47.2 Å². The predicted octanol–water partition coefficient (Wildman–Crippen LogP) is 3.65. The fraction of sp³-hybridized carbons (Fsp3) is 0.125. The summed E-state index contributed by atoms with van der Waals surface area (Å²) in [4.78, 5) is 15.6. The fourth-order valence-electron chi connectivity index (χ4n) is 2.21. The van der Waals surface area contributed by atoms with Crippen LogP contribution in [0.1, 0.15) is 15.9 Å². The van der Waals surface area contributed by atoms with Crippen LogP contribution in [0.2, 0.25) is 0 Å². The molecule has 0 aliphatic rings. The van der Waals surface area contributed by atoms with Gasteiger partial charge in [-0.3, -0.25) is 0 Å². The van der Waals surface area contributed by atoms with Crippen molar-refractivity contribution in [3.63, 3.8) is 0 Å². The number of aromatic nitrogens is 1. The average molecular weight is 298 g/mol. The maximum atomic E-state index is 11.2. The molecule has 0 fully saturated rings. The van der Waals surface area contributed by atoms with Crippen LogP contribution < -0.4 is 5.32 Å². The Labute approximate surface area is 126 Å².